The van der Waals surface area contributed by atoms with Gasteiger partial charge in [0.05, 0.1) is 6.04 Å². The van der Waals surface area contributed by atoms with Crippen molar-refractivity contribution in [3.8, 4) is 0 Å². The molecule has 1 aliphatic heterocycles. The second-order valence-corrected chi connectivity index (χ2v) is 8.21. The van der Waals surface area contributed by atoms with Gasteiger partial charge in [0, 0.05) is 16.6 Å². The summed E-state index contributed by atoms with van der Waals surface area (Å²) in [4.78, 5) is 27.7. The molecule has 0 spiro atoms. The van der Waals surface area contributed by atoms with E-state index in [4.69, 9.17) is 0 Å². The van der Waals surface area contributed by atoms with Crippen LogP contribution >= 0.6 is 15.9 Å². The molecule has 1 N–H and O–H groups in total. The first-order valence-electron chi connectivity index (χ1n) is 8.95. The van der Waals surface area contributed by atoms with Crippen molar-refractivity contribution >= 4 is 27.7 Å². The van der Waals surface area contributed by atoms with E-state index in [-0.39, 0.29) is 17.9 Å². The summed E-state index contributed by atoms with van der Waals surface area (Å²) < 4.78 is 0.845. The van der Waals surface area contributed by atoms with Crippen LogP contribution in [-0.4, -0.2) is 28.8 Å². The van der Waals surface area contributed by atoms with E-state index in [1.807, 2.05) is 30.0 Å². The van der Waals surface area contributed by atoms with Gasteiger partial charge in [-0.3, -0.25) is 9.59 Å². The highest BCUT2D eigenvalue weighted by Gasteiger charge is 2.47. The molecule has 2 unspecified atom stereocenters. The van der Waals surface area contributed by atoms with Crippen molar-refractivity contribution in [1.82, 2.24) is 10.2 Å². The lowest BCUT2D eigenvalue weighted by atomic mass is 9.99. The maximum atomic E-state index is 13.2. The Morgan fingerprint density at radius 1 is 1.23 bits per heavy atom. The summed E-state index contributed by atoms with van der Waals surface area (Å²) in [5.41, 5.74) is 2.29. The number of nitrogens with zero attached hydrogens (tertiary/aromatic N) is 1. The number of benzene rings is 2. The zero-order valence-corrected chi connectivity index (χ0v) is 16.3. The zero-order valence-electron chi connectivity index (χ0n) is 14.7. The molecule has 1 aliphatic carbocycles. The topological polar surface area (TPSA) is 49.4 Å². The van der Waals surface area contributed by atoms with E-state index in [1.165, 1.54) is 11.1 Å². The Balaban J connectivity index is 1.52. The normalized spacial score (nSPS) is 24.6. The number of rotatable bonds is 3. The van der Waals surface area contributed by atoms with E-state index in [0.29, 0.717) is 18.5 Å². The highest BCUT2D eigenvalue weighted by Crippen LogP contribution is 2.39. The number of fused-ring (bicyclic) bond motifs is 1. The van der Waals surface area contributed by atoms with E-state index in [0.717, 1.165) is 17.3 Å². The first-order valence-corrected chi connectivity index (χ1v) is 9.74. The van der Waals surface area contributed by atoms with E-state index in [2.05, 4.69) is 39.4 Å². The van der Waals surface area contributed by atoms with Crippen molar-refractivity contribution < 1.29 is 9.59 Å². The first-order chi connectivity index (χ1) is 12.5. The number of carbonyl (C=O) groups excluding carboxylic acids is 2. The molecule has 1 saturated heterocycles. The summed E-state index contributed by atoms with van der Waals surface area (Å²) in [6.45, 7) is 2.51. The minimum atomic E-state index is -0.850. The molecule has 1 fully saturated rings. The van der Waals surface area contributed by atoms with E-state index < -0.39 is 5.54 Å². The Morgan fingerprint density at radius 3 is 2.85 bits per heavy atom. The van der Waals surface area contributed by atoms with E-state index in [9.17, 15) is 9.59 Å². The highest BCUT2D eigenvalue weighted by molar-refractivity contribution is 9.10. The number of carbonyl (C=O) groups is 2. The number of likely N-dealkylation sites (tertiary alicyclic amines) is 1. The standard InChI is InChI=1S/C21H21BrN2O2/c1-21(23-19(25)15-6-4-7-16(22)13-15)11-12-24(20(21)26)18-10-9-14-5-2-3-8-17(14)18/h2-8,13,18H,9-12H2,1H3,(H,23,25). The molecule has 2 aromatic carbocycles. The molecule has 0 saturated carbocycles. The van der Waals surface area contributed by atoms with Gasteiger partial charge in [0.15, 0.2) is 0 Å². The fraction of sp³-hybridized carbons (Fsp3) is 0.333. The van der Waals surface area contributed by atoms with Gasteiger partial charge >= 0.3 is 0 Å². The number of amides is 2. The number of hydrogen-bond acceptors (Lipinski definition) is 2. The minimum absolute atomic E-state index is 0.0162. The lowest BCUT2D eigenvalue weighted by molar-refractivity contribution is -0.134. The molecule has 2 atom stereocenters. The van der Waals surface area contributed by atoms with Crippen LogP contribution in [0.3, 0.4) is 0 Å². The Labute approximate surface area is 161 Å². The SMILES string of the molecule is CC1(NC(=O)c2cccc(Br)c2)CCN(C2CCc3ccccc32)C1=O. The zero-order chi connectivity index (χ0) is 18.3. The summed E-state index contributed by atoms with van der Waals surface area (Å²) in [5, 5.41) is 2.97. The lowest BCUT2D eigenvalue weighted by Crippen LogP contribution is -2.52. The van der Waals surface area contributed by atoms with Crippen LogP contribution in [-0.2, 0) is 11.2 Å². The van der Waals surface area contributed by atoms with Crippen molar-refractivity contribution in [3.63, 3.8) is 0 Å². The number of halogens is 1. The molecule has 0 aromatic heterocycles. The van der Waals surface area contributed by atoms with Crippen LogP contribution in [0.5, 0.6) is 0 Å². The molecule has 4 rings (SSSR count). The van der Waals surface area contributed by atoms with Crippen LogP contribution in [0.15, 0.2) is 53.0 Å². The predicted molar refractivity (Wildman–Crippen MR) is 104 cm³/mol. The van der Waals surface area contributed by atoms with Crippen LogP contribution in [0.4, 0.5) is 0 Å². The molecule has 1 heterocycles. The monoisotopic (exact) mass is 412 g/mol. The van der Waals surface area contributed by atoms with Crippen molar-refractivity contribution in [2.24, 2.45) is 0 Å². The largest absolute Gasteiger partial charge is 0.338 e. The summed E-state index contributed by atoms with van der Waals surface area (Å²) >= 11 is 3.38. The maximum Gasteiger partial charge on any atom is 0.252 e. The molecule has 4 nitrogen and oxygen atoms in total. The van der Waals surface area contributed by atoms with Crippen molar-refractivity contribution in [2.45, 2.75) is 37.8 Å². The average molecular weight is 413 g/mol. The summed E-state index contributed by atoms with van der Waals surface area (Å²) in [7, 11) is 0. The summed E-state index contributed by atoms with van der Waals surface area (Å²) in [6, 6.07) is 15.7. The van der Waals surface area contributed by atoms with Crippen molar-refractivity contribution in [2.75, 3.05) is 6.54 Å². The van der Waals surface area contributed by atoms with Crippen LogP contribution in [0, 0.1) is 0 Å². The first kappa shape index (κ1) is 17.3. The molecular weight excluding hydrogens is 392 g/mol. The molecule has 26 heavy (non-hydrogen) atoms. The third-order valence-corrected chi connectivity index (χ3v) is 6.03. The van der Waals surface area contributed by atoms with Crippen LogP contribution < -0.4 is 5.32 Å². The molecule has 2 aromatic rings. The quantitative estimate of drug-likeness (QED) is 0.831. The molecule has 0 radical (unpaired) electrons. The van der Waals surface area contributed by atoms with Crippen molar-refractivity contribution in [1.29, 1.82) is 0 Å². The molecule has 2 amide bonds. The second kappa shape index (κ2) is 6.54. The fourth-order valence-corrected chi connectivity index (χ4v) is 4.49. The third kappa shape index (κ3) is 2.94. The fourth-order valence-electron chi connectivity index (χ4n) is 4.09. The smallest absolute Gasteiger partial charge is 0.252 e. The van der Waals surface area contributed by atoms with Gasteiger partial charge in [0.25, 0.3) is 5.91 Å². The lowest BCUT2D eigenvalue weighted by Gasteiger charge is -2.29. The van der Waals surface area contributed by atoms with Gasteiger partial charge in [0.2, 0.25) is 5.91 Å². The van der Waals surface area contributed by atoms with Crippen LogP contribution in [0.25, 0.3) is 0 Å². The van der Waals surface area contributed by atoms with Crippen LogP contribution in [0.1, 0.15) is 47.3 Å². The van der Waals surface area contributed by atoms with E-state index >= 15 is 0 Å². The number of hydrogen-bond donors (Lipinski definition) is 1. The van der Waals surface area contributed by atoms with Gasteiger partial charge in [-0.25, -0.2) is 0 Å². The van der Waals surface area contributed by atoms with Gasteiger partial charge in [-0.15, -0.1) is 0 Å². The third-order valence-electron chi connectivity index (χ3n) is 5.54. The molecule has 5 heteroatoms. The van der Waals surface area contributed by atoms with Gasteiger partial charge in [-0.1, -0.05) is 46.3 Å². The Bertz CT molecular complexity index is 882. The average Bonchev–Trinajstić information content (AvgIpc) is 3.17. The molecule has 2 aliphatic rings. The Kier molecular flexibility index (Phi) is 4.35. The number of nitrogens with one attached hydrogen (secondary N) is 1. The Morgan fingerprint density at radius 2 is 2.04 bits per heavy atom. The number of aryl methyl sites for hydroxylation is 1. The maximum absolute atomic E-state index is 13.2. The van der Waals surface area contributed by atoms with Gasteiger partial charge < -0.3 is 10.2 Å². The molecular formula is C21H21BrN2O2. The molecule has 134 valence electrons. The van der Waals surface area contributed by atoms with Gasteiger partial charge in [-0.05, 0) is 55.5 Å². The summed E-state index contributed by atoms with van der Waals surface area (Å²) in [5.74, 6) is -0.196. The predicted octanol–water partition coefficient (Wildman–Crippen LogP) is 3.86. The minimum Gasteiger partial charge on any atom is -0.338 e. The van der Waals surface area contributed by atoms with Crippen molar-refractivity contribution in [3.05, 3.63) is 69.7 Å². The second-order valence-electron chi connectivity index (χ2n) is 7.30. The van der Waals surface area contributed by atoms with Crippen LogP contribution in [0.2, 0.25) is 0 Å². The highest BCUT2D eigenvalue weighted by atomic mass is 79.9. The van der Waals surface area contributed by atoms with Gasteiger partial charge in [-0.2, -0.15) is 0 Å². The van der Waals surface area contributed by atoms with E-state index in [1.54, 1.807) is 12.1 Å². The summed E-state index contributed by atoms with van der Waals surface area (Å²) in [6.07, 6.45) is 2.59. The molecule has 0 bridgehead atoms. The van der Waals surface area contributed by atoms with Gasteiger partial charge in [0.1, 0.15) is 5.54 Å². The Hall–Kier alpha value is -2.14.